The predicted molar refractivity (Wildman–Crippen MR) is 80.2 cm³/mol. The molecule has 5 heteroatoms. The molecule has 2 aliphatic rings. The predicted octanol–water partition coefficient (Wildman–Crippen LogP) is 3.61. The van der Waals surface area contributed by atoms with Gasteiger partial charge in [0.2, 0.25) is 0 Å². The summed E-state index contributed by atoms with van der Waals surface area (Å²) in [7, 11) is 0. The minimum Gasteiger partial charge on any atom is -0.370 e. The molecule has 1 atom stereocenters. The molecular weight excluding hydrogens is 262 g/mol. The summed E-state index contributed by atoms with van der Waals surface area (Å²) in [6, 6.07) is 0. The second kappa shape index (κ2) is 5.70. The lowest BCUT2D eigenvalue weighted by atomic mass is 10.2. The van der Waals surface area contributed by atoms with Crippen molar-refractivity contribution in [2.75, 3.05) is 17.6 Å². The van der Waals surface area contributed by atoms with Crippen molar-refractivity contribution in [2.24, 2.45) is 0 Å². The fraction of sp³-hybridized carbons (Fsp3) is 0.692. The van der Waals surface area contributed by atoms with Crippen LogP contribution in [0.25, 0.3) is 0 Å². The first-order chi connectivity index (χ1) is 8.88. The number of rotatable bonds is 4. The lowest BCUT2D eigenvalue weighted by Crippen LogP contribution is -2.10. The molecule has 18 heavy (non-hydrogen) atoms. The molecule has 3 nitrogen and oxygen atoms in total. The number of nitrogens with zero attached hydrogens (tertiary/aromatic N) is 2. The monoisotopic (exact) mass is 281 g/mol. The van der Waals surface area contributed by atoms with E-state index >= 15 is 0 Å². The van der Waals surface area contributed by atoms with Crippen LogP contribution in [0.5, 0.6) is 0 Å². The highest BCUT2D eigenvalue weighted by Gasteiger charge is 2.25. The van der Waals surface area contributed by atoms with Gasteiger partial charge in [0.25, 0.3) is 0 Å². The maximum absolute atomic E-state index is 4.81. The van der Waals surface area contributed by atoms with Crippen molar-refractivity contribution in [1.82, 2.24) is 9.97 Å². The Morgan fingerprint density at radius 2 is 2.28 bits per heavy atom. The molecule has 1 aromatic heterocycles. The minimum atomic E-state index is 0.531. The van der Waals surface area contributed by atoms with Gasteiger partial charge >= 0.3 is 0 Å². The number of aromatic nitrogens is 2. The van der Waals surface area contributed by atoms with E-state index in [0.29, 0.717) is 5.25 Å². The molecule has 0 saturated carbocycles. The summed E-state index contributed by atoms with van der Waals surface area (Å²) in [5.74, 6) is 5.56. The first kappa shape index (κ1) is 12.6. The number of hydrogen-bond donors (Lipinski definition) is 1. The van der Waals surface area contributed by atoms with Crippen LogP contribution in [0.4, 0.5) is 5.82 Å². The molecule has 0 aliphatic carbocycles. The van der Waals surface area contributed by atoms with Crippen LogP contribution in [-0.4, -0.2) is 22.3 Å². The second-order valence-electron chi connectivity index (χ2n) is 4.78. The Kier molecular flexibility index (Phi) is 3.99. The van der Waals surface area contributed by atoms with Gasteiger partial charge in [-0.1, -0.05) is 6.92 Å². The van der Waals surface area contributed by atoms with Crippen molar-refractivity contribution >= 4 is 29.3 Å². The van der Waals surface area contributed by atoms with E-state index in [1.807, 2.05) is 23.5 Å². The van der Waals surface area contributed by atoms with E-state index in [0.717, 1.165) is 36.1 Å². The van der Waals surface area contributed by atoms with Crippen molar-refractivity contribution in [3.8, 4) is 0 Å². The third-order valence-corrected chi connectivity index (χ3v) is 5.70. The van der Waals surface area contributed by atoms with E-state index in [1.165, 1.54) is 29.9 Å². The van der Waals surface area contributed by atoms with Crippen LogP contribution < -0.4 is 5.32 Å². The number of anilines is 1. The molecule has 1 N–H and O–H groups in total. The van der Waals surface area contributed by atoms with Gasteiger partial charge in [-0.15, -0.1) is 0 Å². The summed E-state index contributed by atoms with van der Waals surface area (Å²) in [4.78, 5) is 9.62. The fourth-order valence-corrected chi connectivity index (χ4v) is 4.63. The minimum absolute atomic E-state index is 0.531. The largest absolute Gasteiger partial charge is 0.370 e. The molecule has 1 saturated heterocycles. The second-order valence-corrected chi connectivity index (χ2v) is 7.07. The van der Waals surface area contributed by atoms with Crippen LogP contribution in [0, 0.1) is 0 Å². The third kappa shape index (κ3) is 2.48. The Balaban J connectivity index is 1.90. The van der Waals surface area contributed by atoms with Gasteiger partial charge in [-0.05, 0) is 25.0 Å². The van der Waals surface area contributed by atoms with E-state index in [2.05, 4.69) is 12.2 Å². The normalized spacial score (nSPS) is 22.2. The molecule has 0 aromatic carbocycles. The Bertz CT molecular complexity index is 430. The summed E-state index contributed by atoms with van der Waals surface area (Å²) in [5.41, 5.74) is 2.62. The topological polar surface area (TPSA) is 37.8 Å². The molecule has 0 radical (unpaired) electrons. The Morgan fingerprint density at radius 3 is 3.06 bits per heavy atom. The average Bonchev–Trinajstić information content (AvgIpc) is 3.05. The van der Waals surface area contributed by atoms with Gasteiger partial charge < -0.3 is 5.32 Å². The van der Waals surface area contributed by atoms with Crippen molar-refractivity contribution < 1.29 is 0 Å². The fourth-order valence-electron chi connectivity index (χ4n) is 2.39. The lowest BCUT2D eigenvalue weighted by Gasteiger charge is -2.13. The van der Waals surface area contributed by atoms with Crippen molar-refractivity contribution in [3.05, 3.63) is 17.1 Å². The summed E-state index contributed by atoms with van der Waals surface area (Å²) < 4.78 is 0. The van der Waals surface area contributed by atoms with Gasteiger partial charge in [0.1, 0.15) is 11.6 Å². The molecule has 0 bridgehead atoms. The Hall–Kier alpha value is -0.420. The van der Waals surface area contributed by atoms with E-state index in [-0.39, 0.29) is 0 Å². The highest BCUT2D eigenvalue weighted by atomic mass is 32.2. The lowest BCUT2D eigenvalue weighted by molar-refractivity contribution is 0.768. The quantitative estimate of drug-likeness (QED) is 0.912. The van der Waals surface area contributed by atoms with Crippen LogP contribution in [0.1, 0.15) is 48.5 Å². The van der Waals surface area contributed by atoms with Crippen LogP contribution >= 0.6 is 23.5 Å². The van der Waals surface area contributed by atoms with Crippen molar-refractivity contribution in [2.45, 2.75) is 42.9 Å². The standard InChI is InChI=1S/C13H19N3S2/c1-2-5-14-12-9-7-17-8-10(9)15-13(16-12)11-4-3-6-18-11/h11H,2-8H2,1H3,(H,14,15,16). The number of nitrogens with one attached hydrogen (secondary N) is 1. The smallest absolute Gasteiger partial charge is 0.144 e. The zero-order chi connectivity index (χ0) is 12.4. The average molecular weight is 281 g/mol. The van der Waals surface area contributed by atoms with Crippen LogP contribution in [0.3, 0.4) is 0 Å². The van der Waals surface area contributed by atoms with Crippen LogP contribution in [0.15, 0.2) is 0 Å². The van der Waals surface area contributed by atoms with Crippen LogP contribution in [0.2, 0.25) is 0 Å². The maximum atomic E-state index is 4.81. The van der Waals surface area contributed by atoms with Gasteiger partial charge in [0.05, 0.1) is 10.9 Å². The van der Waals surface area contributed by atoms with Gasteiger partial charge in [-0.2, -0.15) is 23.5 Å². The van der Waals surface area contributed by atoms with Gasteiger partial charge in [-0.3, -0.25) is 0 Å². The van der Waals surface area contributed by atoms with E-state index in [1.54, 1.807) is 0 Å². The highest BCUT2D eigenvalue weighted by molar-refractivity contribution is 7.99. The number of hydrogen-bond acceptors (Lipinski definition) is 5. The number of thioether (sulfide) groups is 2. The third-order valence-electron chi connectivity index (χ3n) is 3.36. The Labute approximate surface area is 117 Å². The molecule has 3 rings (SSSR count). The molecule has 1 unspecified atom stereocenters. The van der Waals surface area contributed by atoms with Gasteiger partial charge in [0.15, 0.2) is 0 Å². The van der Waals surface area contributed by atoms with E-state index in [9.17, 15) is 0 Å². The molecule has 1 fully saturated rings. The summed E-state index contributed by atoms with van der Waals surface area (Å²) in [6.45, 7) is 3.20. The summed E-state index contributed by atoms with van der Waals surface area (Å²) >= 11 is 3.97. The number of fused-ring (bicyclic) bond motifs is 1. The first-order valence-corrected chi connectivity index (χ1v) is 8.91. The Morgan fingerprint density at radius 1 is 1.33 bits per heavy atom. The molecule has 0 amide bonds. The zero-order valence-electron chi connectivity index (χ0n) is 10.7. The molecule has 98 valence electrons. The van der Waals surface area contributed by atoms with Gasteiger partial charge in [-0.25, -0.2) is 9.97 Å². The zero-order valence-corrected chi connectivity index (χ0v) is 12.4. The van der Waals surface area contributed by atoms with Crippen molar-refractivity contribution in [3.63, 3.8) is 0 Å². The SMILES string of the molecule is CCCNc1nc(C2CCCS2)nc2c1CSC2. The molecule has 1 aromatic rings. The molecule has 0 spiro atoms. The molecular formula is C13H19N3S2. The van der Waals surface area contributed by atoms with E-state index < -0.39 is 0 Å². The summed E-state index contributed by atoms with van der Waals surface area (Å²) in [5, 5.41) is 4.02. The first-order valence-electron chi connectivity index (χ1n) is 6.71. The van der Waals surface area contributed by atoms with Crippen molar-refractivity contribution in [1.29, 1.82) is 0 Å². The maximum Gasteiger partial charge on any atom is 0.144 e. The highest BCUT2D eigenvalue weighted by Crippen LogP contribution is 2.41. The molecule has 3 heterocycles. The summed E-state index contributed by atoms with van der Waals surface area (Å²) in [6.07, 6.45) is 3.69. The van der Waals surface area contributed by atoms with Gasteiger partial charge in [0, 0.05) is 23.6 Å². The van der Waals surface area contributed by atoms with Crippen LogP contribution in [-0.2, 0) is 11.5 Å². The van der Waals surface area contributed by atoms with E-state index in [4.69, 9.17) is 9.97 Å². The molecule has 2 aliphatic heterocycles.